The zero-order chi connectivity index (χ0) is 15.9. The Kier molecular flexibility index (Phi) is 3.95. The molecule has 1 atom stereocenters. The summed E-state index contributed by atoms with van der Waals surface area (Å²) in [6, 6.07) is 1.87. The van der Waals surface area contributed by atoms with Gasteiger partial charge < -0.3 is 9.42 Å². The van der Waals surface area contributed by atoms with Gasteiger partial charge in [-0.1, -0.05) is 30.6 Å². The number of halogens is 1. The lowest BCUT2D eigenvalue weighted by molar-refractivity contribution is 0.0703. The highest BCUT2D eigenvalue weighted by molar-refractivity contribution is 6.33. The van der Waals surface area contributed by atoms with E-state index in [2.05, 4.69) is 24.1 Å². The Morgan fingerprint density at radius 3 is 2.86 bits per heavy atom. The summed E-state index contributed by atoms with van der Waals surface area (Å²) >= 11 is 6.09. The van der Waals surface area contributed by atoms with E-state index in [1.807, 2.05) is 6.07 Å². The third-order valence-corrected chi connectivity index (χ3v) is 4.35. The molecule has 0 aliphatic carbocycles. The first kappa shape index (κ1) is 15.1. The number of rotatable bonds is 3. The van der Waals surface area contributed by atoms with E-state index < -0.39 is 0 Å². The smallest absolute Gasteiger partial charge is 0.274 e. The number of aromatic nitrogens is 3. The van der Waals surface area contributed by atoms with Crippen LogP contribution in [0.1, 0.15) is 60.6 Å². The zero-order valence-electron chi connectivity index (χ0n) is 12.9. The number of carbonyl (C=O) groups excluding carboxylic acids is 1. The summed E-state index contributed by atoms with van der Waals surface area (Å²) in [6.07, 6.45) is 3.29. The van der Waals surface area contributed by atoms with Gasteiger partial charge in [0.15, 0.2) is 5.76 Å². The number of hydrogen-bond acceptors (Lipinski definition) is 4. The monoisotopic (exact) mass is 322 g/mol. The minimum Gasteiger partial charge on any atom is -0.359 e. The Hall–Kier alpha value is -1.82. The minimum absolute atomic E-state index is 0.0848. The fourth-order valence-electron chi connectivity index (χ4n) is 2.83. The van der Waals surface area contributed by atoms with Crippen molar-refractivity contribution in [3.05, 3.63) is 34.4 Å². The van der Waals surface area contributed by atoms with Crippen molar-refractivity contribution in [2.24, 2.45) is 7.05 Å². The van der Waals surface area contributed by atoms with Crippen LogP contribution < -0.4 is 0 Å². The van der Waals surface area contributed by atoms with E-state index in [4.69, 9.17) is 16.1 Å². The molecule has 0 aromatic carbocycles. The maximum absolute atomic E-state index is 12.8. The minimum atomic E-state index is -0.116. The van der Waals surface area contributed by atoms with Crippen molar-refractivity contribution in [1.82, 2.24) is 19.8 Å². The second-order valence-corrected chi connectivity index (χ2v) is 6.34. The first-order chi connectivity index (χ1) is 10.5. The van der Waals surface area contributed by atoms with Crippen LogP contribution in [-0.4, -0.2) is 32.3 Å². The van der Waals surface area contributed by atoms with Gasteiger partial charge in [0.1, 0.15) is 5.69 Å². The van der Waals surface area contributed by atoms with Gasteiger partial charge in [0.25, 0.3) is 5.91 Å². The molecular weight excluding hydrogens is 304 g/mol. The molecule has 3 heterocycles. The second-order valence-electron chi connectivity index (χ2n) is 5.93. The molecule has 0 unspecified atom stereocenters. The van der Waals surface area contributed by atoms with Crippen LogP contribution in [0.4, 0.5) is 0 Å². The normalized spacial score (nSPS) is 18.4. The Balaban J connectivity index is 1.88. The topological polar surface area (TPSA) is 64.2 Å². The van der Waals surface area contributed by atoms with Crippen molar-refractivity contribution in [3.8, 4) is 0 Å². The summed E-state index contributed by atoms with van der Waals surface area (Å²) in [7, 11) is 1.72. The number of carbonyl (C=O) groups is 1. The fourth-order valence-corrected chi connectivity index (χ4v) is 3.07. The predicted octanol–water partition coefficient (Wildman–Crippen LogP) is 3.16. The highest BCUT2D eigenvalue weighted by atomic mass is 35.5. The van der Waals surface area contributed by atoms with Crippen LogP contribution in [0.25, 0.3) is 0 Å². The van der Waals surface area contributed by atoms with E-state index in [1.54, 1.807) is 11.9 Å². The largest absolute Gasteiger partial charge is 0.359 e. The van der Waals surface area contributed by atoms with Gasteiger partial charge in [-0.05, 0) is 18.8 Å². The summed E-state index contributed by atoms with van der Waals surface area (Å²) in [6.45, 7) is 4.81. The summed E-state index contributed by atoms with van der Waals surface area (Å²) < 4.78 is 6.98. The Morgan fingerprint density at radius 1 is 1.50 bits per heavy atom. The van der Waals surface area contributed by atoms with E-state index in [1.165, 1.54) is 10.9 Å². The molecule has 0 N–H and O–H groups in total. The third-order valence-electron chi connectivity index (χ3n) is 4.08. The molecule has 0 bridgehead atoms. The number of amides is 1. The van der Waals surface area contributed by atoms with Crippen LogP contribution in [0, 0.1) is 0 Å². The van der Waals surface area contributed by atoms with Crippen LogP contribution in [0.2, 0.25) is 5.02 Å². The molecule has 0 saturated carbocycles. The van der Waals surface area contributed by atoms with Crippen molar-refractivity contribution in [2.75, 3.05) is 6.54 Å². The van der Waals surface area contributed by atoms with E-state index >= 15 is 0 Å². The van der Waals surface area contributed by atoms with Crippen molar-refractivity contribution >= 4 is 17.5 Å². The van der Waals surface area contributed by atoms with Gasteiger partial charge in [-0.2, -0.15) is 5.10 Å². The van der Waals surface area contributed by atoms with E-state index in [0.29, 0.717) is 23.2 Å². The summed E-state index contributed by atoms with van der Waals surface area (Å²) in [5, 5.41) is 8.50. The van der Waals surface area contributed by atoms with Crippen LogP contribution in [0.15, 0.2) is 16.8 Å². The summed E-state index contributed by atoms with van der Waals surface area (Å²) in [5.41, 5.74) is 1.32. The lowest BCUT2D eigenvalue weighted by Gasteiger charge is -2.22. The van der Waals surface area contributed by atoms with Gasteiger partial charge in [-0.15, -0.1) is 0 Å². The maximum Gasteiger partial charge on any atom is 0.274 e. The van der Waals surface area contributed by atoms with Crippen LogP contribution in [0.5, 0.6) is 0 Å². The number of aryl methyl sites for hydroxylation is 1. The first-order valence-electron chi connectivity index (χ1n) is 7.44. The Labute approximate surface area is 134 Å². The first-order valence-corrected chi connectivity index (χ1v) is 7.81. The molecule has 6 nitrogen and oxygen atoms in total. The molecule has 1 saturated heterocycles. The van der Waals surface area contributed by atoms with Crippen molar-refractivity contribution in [3.63, 3.8) is 0 Å². The van der Waals surface area contributed by atoms with Crippen LogP contribution in [-0.2, 0) is 7.05 Å². The Morgan fingerprint density at radius 2 is 2.27 bits per heavy atom. The van der Waals surface area contributed by atoms with Gasteiger partial charge in [0.05, 0.1) is 23.0 Å². The molecule has 2 aromatic heterocycles. The lowest BCUT2D eigenvalue weighted by atomic mass is 10.1. The zero-order valence-corrected chi connectivity index (χ0v) is 13.7. The molecule has 3 rings (SSSR count). The second kappa shape index (κ2) is 5.76. The molecule has 1 aliphatic rings. The average molecular weight is 323 g/mol. The number of likely N-dealkylation sites (tertiary alicyclic amines) is 1. The molecule has 22 heavy (non-hydrogen) atoms. The van der Waals surface area contributed by atoms with E-state index in [9.17, 15) is 4.79 Å². The highest BCUT2D eigenvalue weighted by Gasteiger charge is 2.35. The SMILES string of the molecule is CC(C)c1cc([C@@H]2CCCN2C(=O)c2c(Cl)cnn2C)on1. The highest BCUT2D eigenvalue weighted by Crippen LogP contribution is 2.35. The quantitative estimate of drug-likeness (QED) is 0.870. The molecule has 1 aliphatic heterocycles. The third kappa shape index (κ3) is 2.52. The average Bonchev–Trinajstić information content (AvgIpc) is 3.17. The summed E-state index contributed by atoms with van der Waals surface area (Å²) in [4.78, 5) is 14.6. The predicted molar refractivity (Wildman–Crippen MR) is 81.8 cm³/mol. The van der Waals surface area contributed by atoms with Gasteiger partial charge in [-0.3, -0.25) is 9.48 Å². The van der Waals surface area contributed by atoms with E-state index in [-0.39, 0.29) is 11.9 Å². The molecule has 0 spiro atoms. The van der Waals surface area contributed by atoms with Gasteiger partial charge in [0, 0.05) is 19.7 Å². The molecule has 0 radical (unpaired) electrons. The number of hydrogen-bond donors (Lipinski definition) is 0. The Bertz CT molecular complexity index is 672. The lowest BCUT2D eigenvalue weighted by Crippen LogP contribution is -2.32. The van der Waals surface area contributed by atoms with E-state index in [0.717, 1.165) is 24.3 Å². The summed E-state index contributed by atoms with van der Waals surface area (Å²) in [5.74, 6) is 0.928. The number of nitrogens with zero attached hydrogens (tertiary/aromatic N) is 4. The molecule has 7 heteroatoms. The molecule has 118 valence electrons. The standard InChI is InChI=1S/C15H19ClN4O2/c1-9(2)11-7-13(22-18-11)12-5-4-6-20(12)15(21)14-10(16)8-17-19(14)3/h7-9,12H,4-6H2,1-3H3/t12-/m0/s1. The fraction of sp³-hybridized carbons (Fsp3) is 0.533. The molecule has 1 amide bonds. The van der Waals surface area contributed by atoms with Crippen molar-refractivity contribution < 1.29 is 9.32 Å². The van der Waals surface area contributed by atoms with Crippen molar-refractivity contribution in [1.29, 1.82) is 0 Å². The van der Waals surface area contributed by atoms with Gasteiger partial charge >= 0.3 is 0 Å². The van der Waals surface area contributed by atoms with Gasteiger partial charge in [0.2, 0.25) is 0 Å². The molecular formula is C15H19ClN4O2. The van der Waals surface area contributed by atoms with Crippen molar-refractivity contribution in [2.45, 2.75) is 38.6 Å². The van der Waals surface area contributed by atoms with Crippen LogP contribution in [0.3, 0.4) is 0 Å². The molecule has 1 fully saturated rings. The molecule has 2 aromatic rings. The van der Waals surface area contributed by atoms with Gasteiger partial charge in [-0.25, -0.2) is 0 Å². The maximum atomic E-state index is 12.8. The van der Waals surface area contributed by atoms with Crippen LogP contribution >= 0.6 is 11.6 Å².